The standard InChI is InChI=1S/C42H36F32N2/c1-18-14-23(8-10-29(47,48)33(55,56)37(63,64)41(71,72)39(67,68)35(59,60)31(51,52)27(6,43)44)15-19(2)25(18)75-12-13-76(22(75)5)26-20(3)16-24(17-21(26)4)9-11-30(49,50)34(57,58)38(65,66)42(73,74)40(69,70)36(61,62)32(53,54)28(7,45)46/h12-17,22H,8-11H2,1-7H3. The monoisotopic (exact) mass is 1180 g/mol. The maximum absolute atomic E-state index is 14.8. The third kappa shape index (κ3) is 9.39. The molecule has 0 unspecified atom stereocenters. The van der Waals surface area contributed by atoms with Crippen molar-refractivity contribution in [2.45, 2.75) is 175 Å². The first kappa shape index (κ1) is 65.8. The van der Waals surface area contributed by atoms with Gasteiger partial charge in [-0.15, -0.1) is 0 Å². The highest BCUT2D eigenvalue weighted by atomic mass is 19.4. The zero-order chi connectivity index (χ0) is 60.4. The number of anilines is 2. The summed E-state index contributed by atoms with van der Waals surface area (Å²) in [4.78, 5) is 2.68. The van der Waals surface area contributed by atoms with E-state index in [1.807, 2.05) is 0 Å². The first-order valence-corrected chi connectivity index (χ1v) is 20.7. The molecule has 76 heavy (non-hydrogen) atoms. The van der Waals surface area contributed by atoms with E-state index in [0.717, 1.165) is 24.3 Å². The summed E-state index contributed by atoms with van der Waals surface area (Å²) in [6.45, 7) is 3.58. The van der Waals surface area contributed by atoms with Crippen LogP contribution in [0.1, 0.15) is 67.0 Å². The van der Waals surface area contributed by atoms with Gasteiger partial charge in [-0.2, -0.15) is 140 Å². The molecule has 0 amide bonds. The molecule has 3 rings (SSSR count). The van der Waals surface area contributed by atoms with E-state index in [2.05, 4.69) is 0 Å². The van der Waals surface area contributed by atoms with E-state index in [0.29, 0.717) is 0 Å². The fourth-order valence-corrected chi connectivity index (χ4v) is 7.75. The molecule has 2 nitrogen and oxygen atoms in total. The molecule has 1 aliphatic heterocycles. The number of nitrogens with zero attached hydrogens (tertiary/aromatic N) is 2. The van der Waals surface area contributed by atoms with Crippen molar-refractivity contribution >= 4 is 11.4 Å². The Bertz CT molecular complexity index is 2260. The molecular weight excluding hydrogens is 1140 g/mol. The highest BCUT2D eigenvalue weighted by Gasteiger charge is 2.96. The van der Waals surface area contributed by atoms with Gasteiger partial charge in [-0.25, -0.2) is 0 Å². The van der Waals surface area contributed by atoms with Gasteiger partial charge in [-0.05, 0) is 80.8 Å². The summed E-state index contributed by atoms with van der Waals surface area (Å²) in [7, 11) is 0. The predicted molar refractivity (Wildman–Crippen MR) is 203 cm³/mol. The minimum Gasteiger partial charge on any atom is -0.325 e. The topological polar surface area (TPSA) is 6.48 Å². The summed E-state index contributed by atoms with van der Waals surface area (Å²) < 4.78 is 450. The normalized spacial score (nSPS) is 16.7. The zero-order valence-corrected chi connectivity index (χ0v) is 38.9. The molecular formula is C42H36F32N2. The average molecular weight is 1180 g/mol. The van der Waals surface area contributed by atoms with Gasteiger partial charge in [0.15, 0.2) is 0 Å². The van der Waals surface area contributed by atoms with E-state index in [1.54, 1.807) is 0 Å². The van der Waals surface area contributed by atoms with Crippen LogP contribution in [-0.4, -0.2) is 101 Å². The molecule has 0 saturated carbocycles. The van der Waals surface area contributed by atoms with Gasteiger partial charge in [0.2, 0.25) is 0 Å². The summed E-state index contributed by atoms with van der Waals surface area (Å²) >= 11 is 0. The quantitative estimate of drug-likeness (QED) is 0.108. The molecule has 34 heteroatoms. The van der Waals surface area contributed by atoms with Gasteiger partial charge in [0, 0.05) is 50.5 Å². The van der Waals surface area contributed by atoms with Gasteiger partial charge in [0.1, 0.15) is 6.17 Å². The Morgan fingerprint density at radius 3 is 0.697 bits per heavy atom. The van der Waals surface area contributed by atoms with Crippen LogP contribution in [0.3, 0.4) is 0 Å². The summed E-state index contributed by atoms with van der Waals surface area (Å²) in [5.74, 6) is -125. The molecule has 0 bridgehead atoms. The van der Waals surface area contributed by atoms with Gasteiger partial charge in [-0.3, -0.25) is 0 Å². The second kappa shape index (κ2) is 18.8. The number of hydrogen-bond acceptors (Lipinski definition) is 2. The molecule has 0 N–H and O–H groups in total. The van der Waals surface area contributed by atoms with Gasteiger partial charge < -0.3 is 9.80 Å². The molecule has 2 aromatic rings. The molecule has 0 spiro atoms. The van der Waals surface area contributed by atoms with Crippen LogP contribution >= 0.6 is 0 Å². The second-order valence-electron chi connectivity index (χ2n) is 18.0. The maximum Gasteiger partial charge on any atom is 0.384 e. The number of alkyl halides is 32. The van der Waals surface area contributed by atoms with Crippen molar-refractivity contribution in [1.29, 1.82) is 0 Å². The van der Waals surface area contributed by atoms with Crippen molar-refractivity contribution in [1.82, 2.24) is 0 Å². The van der Waals surface area contributed by atoms with Crippen LogP contribution in [0.2, 0.25) is 0 Å². The minimum absolute atomic E-state index is 0.0291. The van der Waals surface area contributed by atoms with Crippen LogP contribution in [0, 0.1) is 27.7 Å². The Balaban J connectivity index is 1.88. The van der Waals surface area contributed by atoms with Crippen LogP contribution < -0.4 is 9.80 Å². The second-order valence-corrected chi connectivity index (χ2v) is 18.0. The van der Waals surface area contributed by atoms with Crippen molar-refractivity contribution < 1.29 is 140 Å². The maximum atomic E-state index is 14.8. The predicted octanol–water partition coefficient (Wildman–Crippen LogP) is 17.1. The number of halogens is 32. The van der Waals surface area contributed by atoms with Gasteiger partial charge in [-0.1, -0.05) is 24.3 Å². The van der Waals surface area contributed by atoms with E-state index in [-0.39, 0.29) is 33.6 Å². The number of rotatable bonds is 22. The number of benzene rings is 2. The number of hydrogen-bond donors (Lipinski definition) is 0. The lowest BCUT2D eigenvalue weighted by atomic mass is 9.86. The molecule has 1 aliphatic rings. The molecule has 2 aromatic carbocycles. The smallest absolute Gasteiger partial charge is 0.325 e. The van der Waals surface area contributed by atoms with Crippen LogP contribution in [0.25, 0.3) is 0 Å². The summed E-state index contributed by atoms with van der Waals surface area (Å²) in [6, 6.07) is 3.51. The van der Waals surface area contributed by atoms with Crippen molar-refractivity contribution in [3.05, 3.63) is 70.0 Å². The third-order valence-corrected chi connectivity index (χ3v) is 12.2. The minimum atomic E-state index is -8.60. The van der Waals surface area contributed by atoms with E-state index >= 15 is 0 Å². The summed E-state index contributed by atoms with van der Waals surface area (Å²) in [6.07, 6.45) is -6.99. The van der Waals surface area contributed by atoms with Crippen molar-refractivity contribution in [3.63, 3.8) is 0 Å². The van der Waals surface area contributed by atoms with E-state index in [4.69, 9.17) is 0 Å². The lowest BCUT2D eigenvalue weighted by molar-refractivity contribution is -0.452. The molecule has 0 aliphatic carbocycles. The largest absolute Gasteiger partial charge is 0.384 e. The van der Waals surface area contributed by atoms with Crippen LogP contribution in [-0.2, 0) is 12.8 Å². The van der Waals surface area contributed by atoms with Crippen LogP contribution in [0.4, 0.5) is 152 Å². The number of aryl methyl sites for hydroxylation is 6. The highest BCUT2D eigenvalue weighted by molar-refractivity contribution is 5.70. The third-order valence-electron chi connectivity index (χ3n) is 12.2. The van der Waals surface area contributed by atoms with E-state index in [1.165, 1.54) is 56.8 Å². The lowest BCUT2D eigenvalue weighted by Gasteiger charge is -2.43. The lowest BCUT2D eigenvalue weighted by Crippen LogP contribution is -2.74. The molecule has 0 saturated heterocycles. The van der Waals surface area contributed by atoms with Gasteiger partial charge >= 0.3 is 94.8 Å². The molecule has 438 valence electrons. The molecule has 0 aromatic heterocycles. The van der Waals surface area contributed by atoms with Crippen LogP contribution in [0.15, 0.2) is 36.7 Å². The Morgan fingerprint density at radius 1 is 0.316 bits per heavy atom. The van der Waals surface area contributed by atoms with Crippen molar-refractivity contribution in [2.24, 2.45) is 0 Å². The van der Waals surface area contributed by atoms with Crippen LogP contribution in [0.5, 0.6) is 0 Å². The molecule has 0 atom stereocenters. The van der Waals surface area contributed by atoms with Gasteiger partial charge in [0.25, 0.3) is 0 Å². The summed E-state index contributed by atoms with van der Waals surface area (Å²) in [5.41, 5.74) is -1.01. The van der Waals surface area contributed by atoms with Crippen molar-refractivity contribution in [3.8, 4) is 0 Å². The zero-order valence-electron chi connectivity index (χ0n) is 38.9. The molecule has 1 heterocycles. The molecule has 0 fully saturated rings. The SMILES string of the molecule is Cc1cc(CCC(F)(F)C(F)(F)C(F)(F)C(F)(F)C(F)(F)C(F)(F)C(F)(F)C(C)(F)F)cc(C)c1N1C=CN(c2c(C)cc(CCC(F)(F)C(F)(F)C(F)(F)C(F)(F)C(F)(F)C(F)(F)C(F)(F)C(C)(F)F)cc2C)C1C. The highest BCUT2D eigenvalue weighted by Crippen LogP contribution is 2.66. The van der Waals surface area contributed by atoms with Crippen molar-refractivity contribution in [2.75, 3.05) is 9.80 Å². The van der Waals surface area contributed by atoms with Gasteiger partial charge in [0.05, 0.1) is 0 Å². The van der Waals surface area contributed by atoms with E-state index in [9.17, 15) is 140 Å². The Morgan fingerprint density at radius 2 is 0.500 bits per heavy atom. The first-order valence-electron chi connectivity index (χ1n) is 20.7. The first-order chi connectivity index (χ1) is 33.2. The Hall–Kier alpha value is -4.46. The fraction of sp³-hybridized carbons (Fsp3) is 0.667. The average Bonchev–Trinajstić information content (AvgIpc) is 3.59. The Labute approximate surface area is 407 Å². The summed E-state index contributed by atoms with van der Waals surface area (Å²) in [5, 5.41) is 0. The Kier molecular flexibility index (Phi) is 16.3. The fourth-order valence-electron chi connectivity index (χ4n) is 7.75. The van der Waals surface area contributed by atoms with E-state index < -0.39 is 152 Å². The molecule has 0 radical (unpaired) electrons.